The first-order valence-electron chi connectivity index (χ1n) is 17.4. The quantitative estimate of drug-likeness (QED) is 0.0746. The van der Waals surface area contributed by atoms with Crippen LogP contribution >= 0.6 is 0 Å². The minimum absolute atomic E-state index is 0.0289. The van der Waals surface area contributed by atoms with E-state index < -0.39 is 131 Å². The van der Waals surface area contributed by atoms with Gasteiger partial charge in [-0.3, -0.25) is 0 Å². The third-order valence-corrected chi connectivity index (χ3v) is 10.7. The number of rotatable bonds is 2. The lowest BCUT2D eigenvalue weighted by molar-refractivity contribution is 0.412. The lowest BCUT2D eigenvalue weighted by atomic mass is 9.93. The Morgan fingerprint density at radius 3 is 1.08 bits per heavy atom. The summed E-state index contributed by atoms with van der Waals surface area (Å²) in [4.78, 5) is 9.23. The zero-order chi connectivity index (χ0) is 45.4. The smallest absolute Gasteiger partial charge is 0.198 e. The monoisotopic (exact) mass is 873 g/mol. The standard InChI is InChI=1S/C44H9F14N5/c1-11(8-59)19-17-6-12(21-27(45)23-25(31(49)29(21)47)35(53)39(57)37(55)33(23)51)2-4-15(17)41-43(19)62-42-16-5-3-13(7-18(16)20(44(42)63-41)14(9-60)10-61)22-28(46)24-26(32(50)30(22)48)36(54)40(58)38(56)34(24)52/h2-7H,1H3/b19-11-. The molecule has 5 nitrogen and oxygen atoms in total. The van der Waals surface area contributed by atoms with Crippen molar-refractivity contribution in [1.82, 2.24) is 9.97 Å². The van der Waals surface area contributed by atoms with E-state index in [1.54, 1.807) is 12.1 Å². The normalized spacial score (nSPS) is 13.1. The second-order valence-corrected chi connectivity index (χ2v) is 13.9. The molecule has 0 radical (unpaired) electrons. The zero-order valence-corrected chi connectivity index (χ0v) is 30.5. The minimum atomic E-state index is -2.54. The van der Waals surface area contributed by atoms with E-state index in [1.165, 1.54) is 6.92 Å². The summed E-state index contributed by atoms with van der Waals surface area (Å²) in [5.74, 6) is -32.6. The highest BCUT2D eigenvalue weighted by molar-refractivity contribution is 6.07. The van der Waals surface area contributed by atoms with Gasteiger partial charge >= 0.3 is 0 Å². The summed E-state index contributed by atoms with van der Waals surface area (Å²) >= 11 is 0. The van der Waals surface area contributed by atoms with Crippen LogP contribution in [0.4, 0.5) is 61.5 Å². The summed E-state index contributed by atoms with van der Waals surface area (Å²) in [6.07, 6.45) is 0. The molecular weight excluding hydrogens is 864 g/mol. The van der Waals surface area contributed by atoms with Crippen molar-refractivity contribution in [2.75, 3.05) is 0 Å². The molecule has 0 bridgehead atoms. The number of allylic oxidation sites excluding steroid dienone is 2. The minimum Gasteiger partial charge on any atom is -0.243 e. The molecule has 6 aromatic carbocycles. The summed E-state index contributed by atoms with van der Waals surface area (Å²) in [5, 5.41) is 22.8. The molecule has 2 aliphatic carbocycles. The van der Waals surface area contributed by atoms with Crippen LogP contribution in [-0.2, 0) is 0 Å². The fourth-order valence-corrected chi connectivity index (χ4v) is 7.94. The second kappa shape index (κ2) is 13.7. The molecule has 0 saturated heterocycles. The van der Waals surface area contributed by atoms with Crippen molar-refractivity contribution in [3.63, 3.8) is 0 Å². The molecule has 1 heterocycles. The van der Waals surface area contributed by atoms with Gasteiger partial charge in [-0.05, 0) is 41.3 Å². The number of nitriles is 3. The fraction of sp³-hybridized carbons (Fsp3) is 0.0227. The average molecular weight is 874 g/mol. The van der Waals surface area contributed by atoms with Gasteiger partial charge in [-0.2, -0.15) is 15.8 Å². The van der Waals surface area contributed by atoms with E-state index in [0.29, 0.717) is 0 Å². The third kappa shape index (κ3) is 5.15. The van der Waals surface area contributed by atoms with E-state index in [2.05, 4.69) is 9.97 Å². The van der Waals surface area contributed by atoms with Gasteiger partial charge in [0.1, 0.15) is 35.0 Å². The summed E-state index contributed by atoms with van der Waals surface area (Å²) in [6.45, 7) is 1.28. The molecule has 7 aromatic rings. The Morgan fingerprint density at radius 1 is 0.381 bits per heavy atom. The largest absolute Gasteiger partial charge is 0.243 e. The van der Waals surface area contributed by atoms with Crippen molar-refractivity contribution >= 4 is 32.7 Å². The number of hydrogen-bond acceptors (Lipinski definition) is 5. The summed E-state index contributed by atoms with van der Waals surface area (Å²) in [7, 11) is 0. The SMILES string of the molecule is C/C(C#N)=C1\c2cc(-c3c(F)c(F)c4c(F)c(F)c(F)c(F)c4c3F)ccc2-c2nc3c(nc21)-c1ccc(-c2c(F)c(F)c4c(F)c(F)c(F)c(F)c4c2F)cc1C3=C(C#N)C#N. The second-order valence-electron chi connectivity index (χ2n) is 13.9. The van der Waals surface area contributed by atoms with Crippen LogP contribution in [-0.4, -0.2) is 9.97 Å². The molecule has 0 aliphatic heterocycles. The van der Waals surface area contributed by atoms with Gasteiger partial charge in [-0.25, -0.2) is 71.4 Å². The van der Waals surface area contributed by atoms with Crippen molar-refractivity contribution in [3.05, 3.63) is 152 Å². The van der Waals surface area contributed by atoms with E-state index in [1.807, 2.05) is 6.07 Å². The van der Waals surface area contributed by atoms with Gasteiger partial charge in [0.2, 0.25) is 0 Å². The van der Waals surface area contributed by atoms with Gasteiger partial charge < -0.3 is 0 Å². The maximum absolute atomic E-state index is 15.9. The maximum Gasteiger partial charge on any atom is 0.198 e. The highest BCUT2D eigenvalue weighted by atomic mass is 19.2. The lowest BCUT2D eigenvalue weighted by Crippen LogP contribution is -2.06. The summed E-state index contributed by atoms with van der Waals surface area (Å²) in [5.41, 5.74) is -6.26. The Hall–Kier alpha value is -8.11. The Bertz CT molecular complexity index is 3600. The van der Waals surface area contributed by atoms with Crippen LogP contribution in [0, 0.1) is 115 Å². The molecule has 0 unspecified atom stereocenters. The van der Waals surface area contributed by atoms with Crippen LogP contribution in [0.2, 0.25) is 0 Å². The van der Waals surface area contributed by atoms with Crippen LogP contribution < -0.4 is 0 Å². The van der Waals surface area contributed by atoms with Gasteiger partial charge in [0.15, 0.2) is 69.8 Å². The van der Waals surface area contributed by atoms with Crippen LogP contribution in [0.3, 0.4) is 0 Å². The highest BCUT2D eigenvalue weighted by Gasteiger charge is 2.39. The molecule has 0 saturated carbocycles. The van der Waals surface area contributed by atoms with Crippen molar-refractivity contribution in [2.45, 2.75) is 6.92 Å². The first-order valence-corrected chi connectivity index (χ1v) is 17.4. The molecule has 63 heavy (non-hydrogen) atoms. The molecule has 1 aromatic heterocycles. The molecule has 0 N–H and O–H groups in total. The van der Waals surface area contributed by atoms with Gasteiger partial charge in [0.05, 0.1) is 55.8 Å². The number of benzene rings is 6. The predicted octanol–water partition coefficient (Wildman–Crippen LogP) is 12.2. The molecule has 9 rings (SSSR count). The van der Waals surface area contributed by atoms with Crippen molar-refractivity contribution in [2.24, 2.45) is 0 Å². The zero-order valence-electron chi connectivity index (χ0n) is 30.5. The molecule has 0 atom stereocenters. The van der Waals surface area contributed by atoms with Gasteiger partial charge in [0, 0.05) is 27.8 Å². The van der Waals surface area contributed by atoms with Crippen LogP contribution in [0.15, 0.2) is 47.5 Å². The Balaban J connectivity index is 1.26. The summed E-state index contributed by atoms with van der Waals surface area (Å²) in [6, 6.07) is 11.1. The Labute approximate surface area is 340 Å². The van der Waals surface area contributed by atoms with Crippen LogP contribution in [0.5, 0.6) is 0 Å². The molecule has 0 fully saturated rings. The number of halogens is 14. The van der Waals surface area contributed by atoms with Crippen LogP contribution in [0.1, 0.15) is 29.4 Å². The highest BCUT2D eigenvalue weighted by Crippen LogP contribution is 2.52. The maximum atomic E-state index is 15.9. The Morgan fingerprint density at radius 2 is 0.714 bits per heavy atom. The van der Waals surface area contributed by atoms with Gasteiger partial charge in [0.25, 0.3) is 0 Å². The number of aromatic nitrogens is 2. The van der Waals surface area contributed by atoms with E-state index in [-0.39, 0.29) is 61.7 Å². The lowest BCUT2D eigenvalue weighted by Gasteiger charge is -2.14. The molecule has 0 amide bonds. The topological polar surface area (TPSA) is 97.2 Å². The predicted molar refractivity (Wildman–Crippen MR) is 193 cm³/mol. The molecule has 308 valence electrons. The fourth-order valence-electron chi connectivity index (χ4n) is 7.94. The number of hydrogen-bond donors (Lipinski definition) is 0. The van der Waals surface area contributed by atoms with E-state index >= 15 is 26.3 Å². The van der Waals surface area contributed by atoms with Crippen molar-refractivity contribution in [1.29, 1.82) is 15.8 Å². The number of nitrogens with zero attached hydrogens (tertiary/aromatic N) is 5. The third-order valence-electron chi connectivity index (χ3n) is 10.7. The Kier molecular flexibility index (Phi) is 8.77. The first-order chi connectivity index (χ1) is 29.9. The molecular formula is C44H9F14N5. The van der Waals surface area contributed by atoms with Gasteiger partial charge in [-0.15, -0.1) is 0 Å². The molecule has 2 aliphatic rings. The van der Waals surface area contributed by atoms with E-state index in [4.69, 9.17) is 0 Å². The molecule has 0 spiro atoms. The molecule has 19 heteroatoms. The van der Waals surface area contributed by atoms with Crippen molar-refractivity contribution < 1.29 is 61.5 Å². The van der Waals surface area contributed by atoms with Crippen molar-refractivity contribution in [3.8, 4) is 63.0 Å². The summed E-state index contributed by atoms with van der Waals surface area (Å²) < 4.78 is 209. The number of fused-ring (bicyclic) bond motifs is 8. The first kappa shape index (κ1) is 40.3. The van der Waals surface area contributed by atoms with E-state index in [9.17, 15) is 50.9 Å². The average Bonchev–Trinajstić information content (AvgIpc) is 3.76. The van der Waals surface area contributed by atoms with Gasteiger partial charge in [-0.1, -0.05) is 24.3 Å². The van der Waals surface area contributed by atoms with E-state index in [0.717, 1.165) is 36.4 Å². The van der Waals surface area contributed by atoms with Crippen LogP contribution in [0.25, 0.3) is 77.5 Å².